The summed E-state index contributed by atoms with van der Waals surface area (Å²) in [6.45, 7) is 2.01. The van der Waals surface area contributed by atoms with Crippen molar-refractivity contribution >= 4 is 21.4 Å². The van der Waals surface area contributed by atoms with E-state index in [1.165, 1.54) is 12.1 Å². The molecule has 6 nitrogen and oxygen atoms in total. The van der Waals surface area contributed by atoms with Crippen molar-refractivity contribution < 1.29 is 17.9 Å². The first kappa shape index (κ1) is 18.0. The highest BCUT2D eigenvalue weighted by molar-refractivity contribution is 7.90. The Morgan fingerprint density at radius 1 is 1.08 bits per heavy atom. The van der Waals surface area contributed by atoms with E-state index in [1.807, 2.05) is 30.3 Å². The summed E-state index contributed by atoms with van der Waals surface area (Å²) >= 11 is 0. The average molecular weight is 348 g/mol. The number of hydrogen-bond donors (Lipinski definition) is 2. The largest absolute Gasteiger partial charge is 0.364 e. The molecule has 0 aliphatic heterocycles. The number of carbonyl (C=O) groups excluding carboxylic acids is 1. The van der Waals surface area contributed by atoms with Crippen molar-refractivity contribution in [2.24, 2.45) is 0 Å². The fourth-order valence-corrected chi connectivity index (χ4v) is 2.52. The van der Waals surface area contributed by atoms with Gasteiger partial charge in [-0.1, -0.05) is 30.3 Å². The van der Waals surface area contributed by atoms with E-state index in [9.17, 15) is 13.2 Å². The van der Waals surface area contributed by atoms with Gasteiger partial charge in [0.15, 0.2) is 9.84 Å². The van der Waals surface area contributed by atoms with Gasteiger partial charge < -0.3 is 4.74 Å². The maximum atomic E-state index is 12.0. The van der Waals surface area contributed by atoms with E-state index in [4.69, 9.17) is 4.74 Å². The third-order valence-electron chi connectivity index (χ3n) is 3.32. The lowest BCUT2D eigenvalue weighted by Gasteiger charge is -2.15. The molecule has 0 fully saturated rings. The summed E-state index contributed by atoms with van der Waals surface area (Å²) in [5.41, 5.74) is 6.82. The van der Waals surface area contributed by atoms with Gasteiger partial charge in [-0.25, -0.2) is 8.42 Å². The SMILES string of the molecule is C[C@H](OCc1ccccc1)C(=O)NNc1ccc(S(C)(=O)=O)cc1. The molecule has 0 bridgehead atoms. The normalized spacial score (nSPS) is 12.4. The zero-order chi connectivity index (χ0) is 17.6. The molecule has 128 valence electrons. The summed E-state index contributed by atoms with van der Waals surface area (Å²) in [7, 11) is -3.23. The monoisotopic (exact) mass is 348 g/mol. The van der Waals surface area contributed by atoms with Crippen molar-refractivity contribution in [1.82, 2.24) is 5.43 Å². The molecule has 0 aliphatic rings. The van der Waals surface area contributed by atoms with Crippen LogP contribution in [0.1, 0.15) is 12.5 Å². The summed E-state index contributed by atoms with van der Waals surface area (Å²) in [4.78, 5) is 12.2. The van der Waals surface area contributed by atoms with Crippen LogP contribution in [0.5, 0.6) is 0 Å². The molecule has 0 saturated heterocycles. The quantitative estimate of drug-likeness (QED) is 0.749. The van der Waals surface area contributed by atoms with Crippen molar-refractivity contribution in [1.29, 1.82) is 0 Å². The number of hydrogen-bond acceptors (Lipinski definition) is 5. The fourth-order valence-electron chi connectivity index (χ4n) is 1.89. The van der Waals surface area contributed by atoms with E-state index in [1.54, 1.807) is 19.1 Å². The van der Waals surface area contributed by atoms with Crippen LogP contribution in [0.25, 0.3) is 0 Å². The molecule has 0 aromatic heterocycles. The predicted molar refractivity (Wildman–Crippen MR) is 92.0 cm³/mol. The van der Waals surface area contributed by atoms with Gasteiger partial charge in [0.2, 0.25) is 0 Å². The number of hydrazine groups is 1. The predicted octanol–water partition coefficient (Wildman–Crippen LogP) is 2.14. The van der Waals surface area contributed by atoms with Crippen molar-refractivity contribution in [2.45, 2.75) is 24.5 Å². The number of benzene rings is 2. The highest BCUT2D eigenvalue weighted by Gasteiger charge is 2.13. The van der Waals surface area contributed by atoms with Crippen molar-refractivity contribution in [2.75, 3.05) is 11.7 Å². The second-order valence-corrected chi connectivity index (χ2v) is 7.37. The van der Waals surface area contributed by atoms with Gasteiger partial charge in [0, 0.05) is 6.26 Å². The highest BCUT2D eigenvalue weighted by atomic mass is 32.2. The first-order chi connectivity index (χ1) is 11.4. The fraction of sp³-hybridized carbons (Fsp3) is 0.235. The maximum Gasteiger partial charge on any atom is 0.267 e. The Bertz CT molecular complexity index is 774. The molecule has 2 rings (SSSR count). The van der Waals surface area contributed by atoms with Gasteiger partial charge in [-0.2, -0.15) is 0 Å². The Morgan fingerprint density at radius 3 is 2.29 bits per heavy atom. The molecule has 0 spiro atoms. The lowest BCUT2D eigenvalue weighted by molar-refractivity contribution is -0.131. The van der Waals surface area contributed by atoms with Crippen LogP contribution in [-0.4, -0.2) is 26.7 Å². The zero-order valence-corrected chi connectivity index (χ0v) is 14.3. The van der Waals surface area contributed by atoms with E-state index >= 15 is 0 Å². The summed E-state index contributed by atoms with van der Waals surface area (Å²) in [5, 5.41) is 0. The van der Waals surface area contributed by atoms with Crippen LogP contribution >= 0.6 is 0 Å². The van der Waals surface area contributed by atoms with Crippen LogP contribution in [-0.2, 0) is 26.0 Å². The molecule has 1 atom stereocenters. The molecule has 0 saturated carbocycles. The topological polar surface area (TPSA) is 84.5 Å². The van der Waals surface area contributed by atoms with Crippen LogP contribution < -0.4 is 10.9 Å². The van der Waals surface area contributed by atoms with Gasteiger partial charge in [-0.15, -0.1) is 0 Å². The molecule has 24 heavy (non-hydrogen) atoms. The molecule has 0 aliphatic carbocycles. The number of rotatable bonds is 7. The molecule has 0 heterocycles. The summed E-state index contributed by atoms with van der Waals surface area (Å²) in [6, 6.07) is 15.7. The van der Waals surface area contributed by atoms with E-state index in [0.29, 0.717) is 12.3 Å². The first-order valence-electron chi connectivity index (χ1n) is 7.38. The van der Waals surface area contributed by atoms with Crippen molar-refractivity contribution in [3.8, 4) is 0 Å². The lowest BCUT2D eigenvalue weighted by atomic mass is 10.2. The molecule has 2 aromatic carbocycles. The average Bonchev–Trinajstić information content (AvgIpc) is 2.58. The van der Waals surface area contributed by atoms with Gasteiger partial charge in [0.1, 0.15) is 6.10 Å². The number of sulfone groups is 1. The Hall–Kier alpha value is -2.38. The lowest BCUT2D eigenvalue weighted by Crippen LogP contribution is -2.38. The van der Waals surface area contributed by atoms with E-state index in [0.717, 1.165) is 11.8 Å². The van der Waals surface area contributed by atoms with Crippen molar-refractivity contribution in [3.05, 3.63) is 60.2 Å². The van der Waals surface area contributed by atoms with Crippen LogP contribution in [0.2, 0.25) is 0 Å². The minimum atomic E-state index is -3.23. The highest BCUT2D eigenvalue weighted by Crippen LogP contribution is 2.13. The van der Waals surface area contributed by atoms with Crippen molar-refractivity contribution in [3.63, 3.8) is 0 Å². The van der Waals surface area contributed by atoms with Gasteiger partial charge in [0.25, 0.3) is 5.91 Å². The van der Waals surface area contributed by atoms with Gasteiger partial charge >= 0.3 is 0 Å². The number of ether oxygens (including phenoxy) is 1. The standard InChI is InChI=1S/C17H20N2O4S/c1-13(23-12-14-6-4-3-5-7-14)17(20)19-18-15-8-10-16(11-9-15)24(2,21)22/h3-11,13,18H,12H2,1-2H3,(H,19,20)/t13-/m0/s1. The second kappa shape index (κ2) is 7.94. The van der Waals surface area contributed by atoms with Gasteiger partial charge in [-0.3, -0.25) is 15.6 Å². The third-order valence-corrected chi connectivity index (χ3v) is 4.45. The number of carbonyl (C=O) groups is 1. The van der Waals surface area contributed by atoms with Crippen LogP contribution in [0.4, 0.5) is 5.69 Å². The molecular formula is C17H20N2O4S. The van der Waals surface area contributed by atoms with Crippen LogP contribution in [0, 0.1) is 0 Å². The number of amides is 1. The number of anilines is 1. The van der Waals surface area contributed by atoms with E-state index in [2.05, 4.69) is 10.9 Å². The molecule has 1 amide bonds. The van der Waals surface area contributed by atoms with E-state index in [-0.39, 0.29) is 10.8 Å². The first-order valence-corrected chi connectivity index (χ1v) is 9.27. The van der Waals surface area contributed by atoms with Gasteiger partial charge in [0.05, 0.1) is 17.2 Å². The summed E-state index contributed by atoms with van der Waals surface area (Å²) in [5.74, 6) is -0.321. The molecular weight excluding hydrogens is 328 g/mol. The minimum Gasteiger partial charge on any atom is -0.364 e. The third kappa shape index (κ3) is 5.36. The zero-order valence-electron chi connectivity index (χ0n) is 13.5. The minimum absolute atomic E-state index is 0.221. The molecule has 0 radical (unpaired) electrons. The molecule has 7 heteroatoms. The molecule has 0 unspecified atom stereocenters. The molecule has 2 N–H and O–H groups in total. The Kier molecular flexibility index (Phi) is 5.94. The Morgan fingerprint density at radius 2 is 1.71 bits per heavy atom. The number of nitrogens with one attached hydrogen (secondary N) is 2. The van der Waals surface area contributed by atoms with E-state index < -0.39 is 15.9 Å². The second-order valence-electron chi connectivity index (χ2n) is 5.35. The van der Waals surface area contributed by atoms with Crippen LogP contribution in [0.15, 0.2) is 59.5 Å². The van der Waals surface area contributed by atoms with Gasteiger partial charge in [-0.05, 0) is 36.8 Å². The Labute approximate surface area is 141 Å². The summed E-state index contributed by atoms with van der Waals surface area (Å²) < 4.78 is 28.3. The smallest absolute Gasteiger partial charge is 0.267 e. The molecule has 2 aromatic rings. The maximum absolute atomic E-state index is 12.0. The summed E-state index contributed by atoms with van der Waals surface area (Å²) in [6.07, 6.45) is 0.510. The Balaban J connectivity index is 1.81. The van der Waals surface area contributed by atoms with Crippen LogP contribution in [0.3, 0.4) is 0 Å².